The van der Waals surface area contributed by atoms with Crippen LogP contribution in [0.5, 0.6) is 0 Å². The molecule has 102 valence electrons. The number of nitrogens with zero attached hydrogens (tertiary/aromatic N) is 2. The van der Waals surface area contributed by atoms with E-state index in [0.717, 1.165) is 23.5 Å². The topological polar surface area (TPSA) is 53.8 Å². The van der Waals surface area contributed by atoms with Gasteiger partial charge in [0, 0.05) is 12.6 Å². The normalized spacial score (nSPS) is 10.7. The van der Waals surface area contributed by atoms with Gasteiger partial charge < -0.3 is 5.32 Å². The van der Waals surface area contributed by atoms with Crippen molar-refractivity contribution in [3.63, 3.8) is 0 Å². The fourth-order valence-electron chi connectivity index (χ4n) is 1.73. The van der Waals surface area contributed by atoms with Crippen molar-refractivity contribution >= 4 is 23.0 Å². The molecule has 0 aliphatic heterocycles. The van der Waals surface area contributed by atoms with Gasteiger partial charge in [-0.05, 0) is 48.4 Å². The van der Waals surface area contributed by atoms with Crippen molar-refractivity contribution < 1.29 is 4.79 Å². The third kappa shape index (κ3) is 4.02. The minimum atomic E-state index is -0.0876. The molecule has 0 heterocycles. The molecule has 0 aliphatic rings. The summed E-state index contributed by atoms with van der Waals surface area (Å²) in [6, 6.07) is 15.2. The van der Waals surface area contributed by atoms with Crippen molar-refractivity contribution in [2.75, 3.05) is 5.32 Å². The van der Waals surface area contributed by atoms with Crippen molar-refractivity contribution in [2.45, 2.75) is 20.3 Å². The number of carbonyl (C=O) groups excluding carboxylic acids is 1. The third-order valence-electron chi connectivity index (χ3n) is 2.81. The maximum Gasteiger partial charge on any atom is 0.221 e. The van der Waals surface area contributed by atoms with Gasteiger partial charge in [0.15, 0.2) is 0 Å². The number of amides is 1. The Hall–Kier alpha value is -2.49. The average Bonchev–Trinajstić information content (AvgIpc) is 2.46. The second kappa shape index (κ2) is 6.61. The maximum absolute atomic E-state index is 10.9. The number of benzene rings is 2. The zero-order chi connectivity index (χ0) is 14.4. The molecule has 2 aromatic rings. The van der Waals surface area contributed by atoms with Crippen LogP contribution in [0.4, 0.5) is 17.1 Å². The van der Waals surface area contributed by atoms with Crippen LogP contribution >= 0.6 is 0 Å². The van der Waals surface area contributed by atoms with Crippen LogP contribution in [0.1, 0.15) is 19.4 Å². The fraction of sp³-hybridized carbons (Fsp3) is 0.188. The molecule has 0 spiro atoms. The second-order valence-electron chi connectivity index (χ2n) is 4.45. The Morgan fingerprint density at radius 1 is 0.950 bits per heavy atom. The van der Waals surface area contributed by atoms with Crippen molar-refractivity contribution in [3.8, 4) is 0 Å². The van der Waals surface area contributed by atoms with Gasteiger partial charge in [-0.15, -0.1) is 0 Å². The molecule has 0 radical (unpaired) electrons. The molecule has 0 aromatic heterocycles. The smallest absolute Gasteiger partial charge is 0.221 e. The number of rotatable bonds is 4. The number of hydrogen-bond donors (Lipinski definition) is 1. The van der Waals surface area contributed by atoms with E-state index in [4.69, 9.17) is 0 Å². The minimum Gasteiger partial charge on any atom is -0.326 e. The van der Waals surface area contributed by atoms with Crippen molar-refractivity contribution in [1.82, 2.24) is 0 Å². The average molecular weight is 267 g/mol. The number of aryl methyl sites for hydroxylation is 1. The van der Waals surface area contributed by atoms with E-state index >= 15 is 0 Å². The Morgan fingerprint density at radius 2 is 1.45 bits per heavy atom. The molecule has 0 atom stereocenters. The molecule has 0 aliphatic carbocycles. The predicted octanol–water partition coefficient (Wildman–Crippen LogP) is 4.62. The van der Waals surface area contributed by atoms with E-state index in [1.807, 2.05) is 36.4 Å². The van der Waals surface area contributed by atoms with Crippen LogP contribution in [0.3, 0.4) is 0 Å². The molecule has 2 rings (SSSR count). The lowest BCUT2D eigenvalue weighted by atomic mass is 10.2. The molecule has 2 aromatic carbocycles. The largest absolute Gasteiger partial charge is 0.326 e. The van der Waals surface area contributed by atoms with Crippen LogP contribution in [-0.4, -0.2) is 5.91 Å². The highest BCUT2D eigenvalue weighted by molar-refractivity contribution is 5.88. The molecule has 4 nitrogen and oxygen atoms in total. The van der Waals surface area contributed by atoms with Gasteiger partial charge in [0.05, 0.1) is 11.4 Å². The van der Waals surface area contributed by atoms with Gasteiger partial charge in [-0.3, -0.25) is 4.79 Å². The number of carbonyl (C=O) groups is 1. The monoisotopic (exact) mass is 267 g/mol. The summed E-state index contributed by atoms with van der Waals surface area (Å²) in [7, 11) is 0. The molecule has 0 bridgehead atoms. The first-order valence-electron chi connectivity index (χ1n) is 6.55. The van der Waals surface area contributed by atoms with E-state index in [2.05, 4.69) is 22.5 Å². The summed E-state index contributed by atoms with van der Waals surface area (Å²) in [4.78, 5) is 10.9. The van der Waals surface area contributed by atoms with Gasteiger partial charge in [-0.2, -0.15) is 10.2 Å². The SMILES string of the molecule is CCc1ccc(N=Nc2ccc(NC(C)=O)cc2)cc1. The second-order valence-corrected chi connectivity index (χ2v) is 4.45. The summed E-state index contributed by atoms with van der Waals surface area (Å²) in [6.45, 7) is 3.60. The molecule has 0 fully saturated rings. The fourth-order valence-corrected chi connectivity index (χ4v) is 1.73. The first kappa shape index (κ1) is 13.9. The summed E-state index contributed by atoms with van der Waals surface area (Å²) in [5.41, 5.74) is 3.61. The van der Waals surface area contributed by atoms with Crippen LogP contribution < -0.4 is 5.32 Å². The van der Waals surface area contributed by atoms with Gasteiger partial charge in [-0.1, -0.05) is 19.1 Å². The van der Waals surface area contributed by atoms with Gasteiger partial charge in [0.1, 0.15) is 0 Å². The van der Waals surface area contributed by atoms with Gasteiger partial charge in [-0.25, -0.2) is 0 Å². The van der Waals surface area contributed by atoms with E-state index in [1.54, 1.807) is 12.1 Å². The first-order chi connectivity index (χ1) is 9.67. The van der Waals surface area contributed by atoms with E-state index in [-0.39, 0.29) is 5.91 Å². The molecule has 0 unspecified atom stereocenters. The predicted molar refractivity (Wildman–Crippen MR) is 80.7 cm³/mol. The highest BCUT2D eigenvalue weighted by Gasteiger charge is 1.96. The maximum atomic E-state index is 10.9. The highest BCUT2D eigenvalue weighted by atomic mass is 16.1. The molecule has 1 N–H and O–H groups in total. The third-order valence-corrected chi connectivity index (χ3v) is 2.81. The molecule has 0 saturated carbocycles. The lowest BCUT2D eigenvalue weighted by Gasteiger charge is -2.01. The van der Waals surface area contributed by atoms with Crippen molar-refractivity contribution in [1.29, 1.82) is 0 Å². The summed E-state index contributed by atoms with van der Waals surface area (Å²) in [6.07, 6.45) is 1.02. The first-order valence-corrected chi connectivity index (χ1v) is 6.55. The van der Waals surface area contributed by atoms with Gasteiger partial charge in [0.2, 0.25) is 5.91 Å². The summed E-state index contributed by atoms with van der Waals surface area (Å²) >= 11 is 0. The summed E-state index contributed by atoms with van der Waals surface area (Å²) in [5.74, 6) is -0.0876. The Kier molecular flexibility index (Phi) is 4.60. The molecule has 1 amide bonds. The van der Waals surface area contributed by atoms with E-state index in [0.29, 0.717) is 0 Å². The van der Waals surface area contributed by atoms with Crippen LogP contribution in [0.25, 0.3) is 0 Å². The zero-order valence-corrected chi connectivity index (χ0v) is 11.6. The van der Waals surface area contributed by atoms with Gasteiger partial charge in [0.25, 0.3) is 0 Å². The number of nitrogens with one attached hydrogen (secondary N) is 1. The summed E-state index contributed by atoms with van der Waals surface area (Å²) < 4.78 is 0. The molecule has 0 saturated heterocycles. The van der Waals surface area contributed by atoms with Crippen LogP contribution in [0.15, 0.2) is 58.8 Å². The Bertz CT molecular complexity index is 601. The standard InChI is InChI=1S/C16H17N3O/c1-3-13-4-6-15(7-5-13)18-19-16-10-8-14(9-11-16)17-12(2)20/h4-11H,3H2,1-2H3,(H,17,20). The molecule has 20 heavy (non-hydrogen) atoms. The summed E-state index contributed by atoms with van der Waals surface area (Å²) in [5, 5.41) is 11.1. The highest BCUT2D eigenvalue weighted by Crippen LogP contribution is 2.20. The molecule has 4 heteroatoms. The lowest BCUT2D eigenvalue weighted by molar-refractivity contribution is -0.114. The van der Waals surface area contributed by atoms with Crippen LogP contribution in [0.2, 0.25) is 0 Å². The lowest BCUT2D eigenvalue weighted by Crippen LogP contribution is -2.04. The van der Waals surface area contributed by atoms with Gasteiger partial charge >= 0.3 is 0 Å². The molecular formula is C16H17N3O. The molecular weight excluding hydrogens is 250 g/mol. The number of anilines is 1. The quantitative estimate of drug-likeness (QED) is 0.807. The minimum absolute atomic E-state index is 0.0876. The van der Waals surface area contributed by atoms with Crippen LogP contribution in [-0.2, 0) is 11.2 Å². The van der Waals surface area contributed by atoms with E-state index in [1.165, 1.54) is 12.5 Å². The van der Waals surface area contributed by atoms with Crippen molar-refractivity contribution in [2.24, 2.45) is 10.2 Å². The zero-order valence-electron chi connectivity index (χ0n) is 11.6. The van der Waals surface area contributed by atoms with E-state index < -0.39 is 0 Å². The Balaban J connectivity index is 2.04. The Labute approximate surface area is 118 Å². The number of azo groups is 1. The van der Waals surface area contributed by atoms with Crippen LogP contribution in [0, 0.1) is 0 Å². The van der Waals surface area contributed by atoms with E-state index in [9.17, 15) is 4.79 Å². The van der Waals surface area contributed by atoms with Crippen molar-refractivity contribution in [3.05, 3.63) is 54.1 Å². The Morgan fingerprint density at radius 3 is 1.90 bits per heavy atom. The number of hydrogen-bond acceptors (Lipinski definition) is 3.